The van der Waals surface area contributed by atoms with Crippen LogP contribution in [-0.4, -0.2) is 8.07 Å². The standard InChI is InChI=1S/C18H38Si/c1-7-15(4)19(16(5)8-2,17(6)9-3)18-13-11-10-12-14-18/h15-18H,7-14H2,1-6H3. The molecule has 0 N–H and O–H groups in total. The first kappa shape index (κ1) is 17.3. The smallest absolute Gasteiger partial charge is 0.0651 e. The van der Waals surface area contributed by atoms with Crippen LogP contribution >= 0.6 is 0 Å². The van der Waals surface area contributed by atoms with Crippen molar-refractivity contribution in [2.24, 2.45) is 0 Å². The van der Waals surface area contributed by atoms with E-state index in [2.05, 4.69) is 41.5 Å². The van der Waals surface area contributed by atoms with Gasteiger partial charge in [-0.2, -0.15) is 0 Å². The van der Waals surface area contributed by atoms with Gasteiger partial charge in [-0.15, -0.1) is 0 Å². The second kappa shape index (κ2) is 7.86. The lowest BCUT2D eigenvalue weighted by Crippen LogP contribution is -2.51. The summed E-state index contributed by atoms with van der Waals surface area (Å²) in [5.41, 5.74) is 4.17. The van der Waals surface area contributed by atoms with E-state index < -0.39 is 8.07 Å². The topological polar surface area (TPSA) is 0 Å². The minimum absolute atomic E-state index is 1.01. The molecule has 0 aliphatic heterocycles. The highest BCUT2D eigenvalue weighted by molar-refractivity contribution is 6.85. The third-order valence-corrected chi connectivity index (χ3v) is 15.0. The predicted octanol–water partition coefficient (Wildman–Crippen LogP) is 7.17. The summed E-state index contributed by atoms with van der Waals surface area (Å²) in [6.07, 6.45) is 11.9. The van der Waals surface area contributed by atoms with Crippen molar-refractivity contribution < 1.29 is 0 Å². The summed E-state index contributed by atoms with van der Waals surface area (Å²) in [6, 6.07) is 0. The van der Waals surface area contributed by atoms with Crippen molar-refractivity contribution in [2.45, 2.75) is 115 Å². The minimum Gasteiger partial charge on any atom is -0.0654 e. The summed E-state index contributed by atoms with van der Waals surface area (Å²) >= 11 is 0. The lowest BCUT2D eigenvalue weighted by atomic mass is 10.0. The Morgan fingerprint density at radius 1 is 0.737 bits per heavy atom. The van der Waals surface area contributed by atoms with Crippen LogP contribution < -0.4 is 0 Å². The zero-order valence-corrected chi connectivity index (χ0v) is 15.5. The first-order valence-electron chi connectivity index (χ1n) is 9.05. The molecule has 1 fully saturated rings. The minimum atomic E-state index is -1.20. The Morgan fingerprint density at radius 3 is 1.42 bits per heavy atom. The molecule has 0 aromatic carbocycles. The van der Waals surface area contributed by atoms with E-state index in [-0.39, 0.29) is 0 Å². The molecule has 0 aromatic heterocycles. The van der Waals surface area contributed by atoms with Crippen LogP contribution in [0.5, 0.6) is 0 Å². The molecule has 0 amide bonds. The zero-order chi connectivity index (χ0) is 14.5. The Bertz CT molecular complexity index is 216. The highest BCUT2D eigenvalue weighted by atomic mass is 28.3. The summed E-state index contributed by atoms with van der Waals surface area (Å²) in [4.78, 5) is 0. The molecule has 1 saturated carbocycles. The van der Waals surface area contributed by atoms with Gasteiger partial charge in [0.2, 0.25) is 0 Å². The fourth-order valence-electron chi connectivity index (χ4n) is 5.33. The average molecular weight is 283 g/mol. The van der Waals surface area contributed by atoms with Crippen LogP contribution in [0.4, 0.5) is 0 Å². The Labute approximate surface area is 123 Å². The fourth-order valence-corrected chi connectivity index (χ4v) is 14.2. The molecule has 1 rings (SSSR count). The van der Waals surface area contributed by atoms with Crippen molar-refractivity contribution in [3.8, 4) is 0 Å². The van der Waals surface area contributed by atoms with E-state index in [9.17, 15) is 0 Å². The van der Waals surface area contributed by atoms with E-state index >= 15 is 0 Å². The van der Waals surface area contributed by atoms with Crippen molar-refractivity contribution in [1.29, 1.82) is 0 Å². The highest BCUT2D eigenvalue weighted by Gasteiger charge is 2.50. The molecule has 19 heavy (non-hydrogen) atoms. The van der Waals surface area contributed by atoms with Gasteiger partial charge < -0.3 is 0 Å². The van der Waals surface area contributed by atoms with E-state index in [1.54, 1.807) is 12.8 Å². The Balaban J connectivity index is 3.15. The maximum atomic E-state index is 2.61. The molecule has 0 aromatic rings. The molecule has 3 unspecified atom stereocenters. The van der Waals surface area contributed by atoms with Gasteiger partial charge >= 0.3 is 0 Å². The van der Waals surface area contributed by atoms with Gasteiger partial charge in [0.15, 0.2) is 0 Å². The van der Waals surface area contributed by atoms with Crippen LogP contribution in [-0.2, 0) is 0 Å². The van der Waals surface area contributed by atoms with Gasteiger partial charge in [0.05, 0.1) is 8.07 Å². The monoisotopic (exact) mass is 282 g/mol. The van der Waals surface area contributed by atoms with Crippen LogP contribution in [0.2, 0.25) is 22.2 Å². The summed E-state index contributed by atoms with van der Waals surface area (Å²) in [6.45, 7) is 15.2. The maximum absolute atomic E-state index is 2.61. The van der Waals surface area contributed by atoms with Gasteiger partial charge in [-0.05, 0) is 22.2 Å². The largest absolute Gasteiger partial charge is 0.0654 e. The molecule has 1 aliphatic rings. The van der Waals surface area contributed by atoms with Crippen LogP contribution in [0.1, 0.15) is 92.9 Å². The van der Waals surface area contributed by atoms with Gasteiger partial charge in [-0.1, -0.05) is 92.9 Å². The third-order valence-electron chi connectivity index (χ3n) is 6.71. The van der Waals surface area contributed by atoms with E-state index in [1.807, 2.05) is 0 Å². The quantitative estimate of drug-likeness (QED) is 0.434. The molecule has 0 radical (unpaired) electrons. The second-order valence-corrected chi connectivity index (χ2v) is 13.0. The number of hydrogen-bond acceptors (Lipinski definition) is 0. The van der Waals surface area contributed by atoms with Crippen molar-refractivity contribution in [1.82, 2.24) is 0 Å². The first-order chi connectivity index (χ1) is 9.05. The maximum Gasteiger partial charge on any atom is 0.0651 e. The Kier molecular flexibility index (Phi) is 7.14. The SMILES string of the molecule is CCC(C)[Si](C(C)CC)(C(C)CC)C1CCCCC1. The Morgan fingerprint density at radius 2 is 1.11 bits per heavy atom. The lowest BCUT2D eigenvalue weighted by Gasteiger charge is -2.53. The Hall–Kier alpha value is 0.217. The molecule has 0 spiro atoms. The van der Waals surface area contributed by atoms with Gasteiger partial charge in [-0.3, -0.25) is 0 Å². The first-order valence-corrected chi connectivity index (χ1v) is 11.4. The van der Waals surface area contributed by atoms with Crippen molar-refractivity contribution in [3.05, 3.63) is 0 Å². The van der Waals surface area contributed by atoms with Crippen LogP contribution in [0, 0.1) is 0 Å². The third kappa shape index (κ3) is 3.28. The summed E-state index contributed by atoms with van der Waals surface area (Å²) in [5, 5.41) is 0. The number of hydrogen-bond donors (Lipinski definition) is 0. The molecule has 0 bridgehead atoms. The van der Waals surface area contributed by atoms with Crippen molar-refractivity contribution in [3.63, 3.8) is 0 Å². The zero-order valence-electron chi connectivity index (χ0n) is 14.5. The highest BCUT2D eigenvalue weighted by Crippen LogP contribution is 2.56. The van der Waals surface area contributed by atoms with Crippen LogP contribution in [0.15, 0.2) is 0 Å². The van der Waals surface area contributed by atoms with Gasteiger partial charge in [0.25, 0.3) is 0 Å². The van der Waals surface area contributed by atoms with E-state index in [0.717, 1.165) is 22.2 Å². The molecule has 114 valence electrons. The molecule has 1 heteroatoms. The molecular formula is C18H38Si. The summed E-state index contributed by atoms with van der Waals surface area (Å²) in [7, 11) is -1.20. The predicted molar refractivity (Wildman–Crippen MR) is 91.7 cm³/mol. The normalized spacial score (nSPS) is 25.6. The average Bonchev–Trinajstić information content (AvgIpc) is 2.47. The van der Waals surface area contributed by atoms with Crippen molar-refractivity contribution >= 4 is 8.07 Å². The molecule has 1 aliphatic carbocycles. The molecule has 0 nitrogen and oxygen atoms in total. The number of rotatable bonds is 7. The summed E-state index contributed by atoms with van der Waals surface area (Å²) < 4.78 is 0. The second-order valence-electron chi connectivity index (χ2n) is 7.26. The summed E-state index contributed by atoms with van der Waals surface area (Å²) in [5.74, 6) is 0. The van der Waals surface area contributed by atoms with E-state index in [4.69, 9.17) is 0 Å². The van der Waals surface area contributed by atoms with Gasteiger partial charge in [0, 0.05) is 0 Å². The van der Waals surface area contributed by atoms with E-state index in [1.165, 1.54) is 38.5 Å². The van der Waals surface area contributed by atoms with Crippen LogP contribution in [0.25, 0.3) is 0 Å². The molecular weight excluding hydrogens is 244 g/mol. The van der Waals surface area contributed by atoms with Crippen molar-refractivity contribution in [2.75, 3.05) is 0 Å². The van der Waals surface area contributed by atoms with Gasteiger partial charge in [-0.25, -0.2) is 0 Å². The molecule has 0 saturated heterocycles. The van der Waals surface area contributed by atoms with E-state index in [0.29, 0.717) is 0 Å². The molecule has 0 heterocycles. The van der Waals surface area contributed by atoms with Gasteiger partial charge in [0.1, 0.15) is 0 Å². The fraction of sp³-hybridized carbons (Fsp3) is 1.00. The van der Waals surface area contributed by atoms with Crippen LogP contribution in [0.3, 0.4) is 0 Å². The lowest BCUT2D eigenvalue weighted by molar-refractivity contribution is 0.467. The molecule has 3 atom stereocenters.